The second-order valence-corrected chi connectivity index (χ2v) is 14.8. The van der Waals surface area contributed by atoms with E-state index in [0.29, 0.717) is 12.8 Å². The van der Waals surface area contributed by atoms with Gasteiger partial charge in [-0.15, -0.1) is 0 Å². The molecular weight excluding hydrogens is 712 g/mol. The summed E-state index contributed by atoms with van der Waals surface area (Å²) >= 11 is 0. The highest BCUT2D eigenvalue weighted by atomic mass is 16.7. The lowest BCUT2D eigenvalue weighted by molar-refractivity contribution is -0.305. The van der Waals surface area contributed by atoms with E-state index in [2.05, 4.69) is 74.6 Å². The summed E-state index contributed by atoms with van der Waals surface area (Å²) in [5.41, 5.74) is 0. The number of rotatable bonds is 35. The maximum atomic E-state index is 12.8. The molecule has 0 amide bonds. The average Bonchev–Trinajstić information content (AvgIpc) is 3.19. The van der Waals surface area contributed by atoms with Gasteiger partial charge in [0, 0.05) is 12.8 Å². The van der Waals surface area contributed by atoms with Crippen LogP contribution in [0.4, 0.5) is 0 Å². The van der Waals surface area contributed by atoms with Gasteiger partial charge in [-0.2, -0.15) is 0 Å². The number of carbonyl (C=O) groups excluding carboxylic acids is 2. The molecule has 1 aliphatic heterocycles. The quantitative estimate of drug-likeness (QED) is 0.0278. The van der Waals surface area contributed by atoms with Crippen molar-refractivity contribution in [2.45, 2.75) is 198 Å². The smallest absolute Gasteiger partial charge is 0.306 e. The van der Waals surface area contributed by atoms with Gasteiger partial charge in [0.25, 0.3) is 0 Å². The minimum atomic E-state index is -1.60. The minimum absolute atomic E-state index is 0.209. The average molecular weight is 791 g/mol. The van der Waals surface area contributed by atoms with Crippen LogP contribution in [0.15, 0.2) is 60.8 Å². The van der Waals surface area contributed by atoms with Crippen LogP contribution in [0.2, 0.25) is 0 Å². The van der Waals surface area contributed by atoms with Crippen LogP contribution >= 0.6 is 0 Å². The minimum Gasteiger partial charge on any atom is -0.462 e. The molecule has 0 aromatic carbocycles. The van der Waals surface area contributed by atoms with Crippen LogP contribution in [-0.2, 0) is 28.5 Å². The standard InChI is InChI=1S/C46H78O10/c1-3-5-7-9-11-13-15-17-18-19-20-21-22-23-25-27-29-31-33-35-42(49)55-39(38-54-46-45(52)44(51)43(50)40(36-47)56-46)37-53-41(48)34-32-30-28-26-24-16-14-12-10-8-6-4-2/h5,7,11-14,17-18,20-21,39-40,43-47,50-52H,3-4,6,8-10,15-16,19,22-38H2,1-2H3/b7-5-,13-11-,14-12-,18-17-,21-20-. The topological polar surface area (TPSA) is 152 Å². The Morgan fingerprint density at radius 1 is 0.571 bits per heavy atom. The largest absolute Gasteiger partial charge is 0.462 e. The molecular formula is C46H78O10. The number of unbranched alkanes of at least 4 members (excludes halogenated alkanes) is 14. The molecule has 1 fully saturated rings. The SMILES string of the molecule is CC/C=C\C/C=C\C/C=C\C/C=C\CCCCCCCCC(=O)OC(COC(=O)CCCCCCC/C=C\CCCCC)COC1OC(CO)C(O)C(O)C1O. The Balaban J connectivity index is 2.35. The van der Waals surface area contributed by atoms with Crippen molar-refractivity contribution in [2.75, 3.05) is 19.8 Å². The van der Waals surface area contributed by atoms with Crippen LogP contribution in [-0.4, -0.2) is 89.0 Å². The van der Waals surface area contributed by atoms with Gasteiger partial charge in [0.1, 0.15) is 31.0 Å². The van der Waals surface area contributed by atoms with Gasteiger partial charge < -0.3 is 39.4 Å². The molecule has 0 aliphatic carbocycles. The highest BCUT2D eigenvalue weighted by Gasteiger charge is 2.44. The van der Waals surface area contributed by atoms with E-state index in [-0.39, 0.29) is 26.1 Å². The molecule has 10 heteroatoms. The van der Waals surface area contributed by atoms with E-state index in [0.717, 1.165) is 103 Å². The molecule has 56 heavy (non-hydrogen) atoms. The normalized spacial score (nSPS) is 21.0. The summed E-state index contributed by atoms with van der Waals surface area (Å²) in [7, 11) is 0. The van der Waals surface area contributed by atoms with Crippen LogP contribution < -0.4 is 0 Å². The Morgan fingerprint density at radius 3 is 1.61 bits per heavy atom. The number of hydrogen-bond donors (Lipinski definition) is 4. The zero-order valence-corrected chi connectivity index (χ0v) is 34.9. The van der Waals surface area contributed by atoms with E-state index >= 15 is 0 Å². The summed E-state index contributed by atoms with van der Waals surface area (Å²) in [6.07, 6.45) is 36.5. The molecule has 322 valence electrons. The maximum Gasteiger partial charge on any atom is 0.306 e. The molecule has 4 N–H and O–H groups in total. The Hall–Kier alpha value is -2.60. The number of carbonyl (C=O) groups is 2. The third kappa shape index (κ3) is 27.9. The molecule has 0 aromatic rings. The number of allylic oxidation sites excluding steroid dienone is 10. The van der Waals surface area contributed by atoms with Crippen molar-refractivity contribution in [1.29, 1.82) is 0 Å². The third-order valence-electron chi connectivity index (χ3n) is 9.64. The van der Waals surface area contributed by atoms with Gasteiger partial charge in [-0.1, -0.05) is 132 Å². The number of aliphatic hydroxyl groups excluding tert-OH is 4. The van der Waals surface area contributed by atoms with Crippen LogP contribution in [0, 0.1) is 0 Å². The second-order valence-electron chi connectivity index (χ2n) is 14.8. The van der Waals surface area contributed by atoms with Crippen LogP contribution in [0.3, 0.4) is 0 Å². The second kappa shape index (κ2) is 36.7. The summed E-state index contributed by atoms with van der Waals surface area (Å²) in [6.45, 7) is 3.25. The summed E-state index contributed by atoms with van der Waals surface area (Å²) in [4.78, 5) is 25.3. The van der Waals surface area contributed by atoms with Crippen molar-refractivity contribution in [3.63, 3.8) is 0 Å². The first-order chi connectivity index (χ1) is 27.3. The lowest BCUT2D eigenvalue weighted by Gasteiger charge is -2.39. The van der Waals surface area contributed by atoms with E-state index in [1.54, 1.807) is 0 Å². The van der Waals surface area contributed by atoms with Crippen molar-refractivity contribution in [2.24, 2.45) is 0 Å². The lowest BCUT2D eigenvalue weighted by atomic mass is 9.99. The van der Waals surface area contributed by atoms with E-state index in [1.807, 2.05) is 0 Å². The monoisotopic (exact) mass is 791 g/mol. The molecule has 1 heterocycles. The van der Waals surface area contributed by atoms with Gasteiger partial charge in [0.2, 0.25) is 0 Å². The van der Waals surface area contributed by atoms with Gasteiger partial charge >= 0.3 is 11.9 Å². The number of aliphatic hydroxyl groups is 4. The summed E-state index contributed by atoms with van der Waals surface area (Å²) < 4.78 is 22.1. The van der Waals surface area contributed by atoms with E-state index in [9.17, 15) is 30.0 Å². The molecule has 1 rings (SSSR count). The van der Waals surface area contributed by atoms with Crippen molar-refractivity contribution in [3.8, 4) is 0 Å². The van der Waals surface area contributed by atoms with Crippen LogP contribution in [0.1, 0.15) is 162 Å². The van der Waals surface area contributed by atoms with Crippen molar-refractivity contribution in [1.82, 2.24) is 0 Å². The third-order valence-corrected chi connectivity index (χ3v) is 9.64. The number of hydrogen-bond acceptors (Lipinski definition) is 10. The van der Waals surface area contributed by atoms with E-state index in [1.165, 1.54) is 19.3 Å². The molecule has 1 saturated heterocycles. The first-order valence-electron chi connectivity index (χ1n) is 21.9. The molecule has 1 aliphatic rings. The zero-order valence-electron chi connectivity index (χ0n) is 34.9. The van der Waals surface area contributed by atoms with Gasteiger partial charge in [-0.25, -0.2) is 0 Å². The van der Waals surface area contributed by atoms with E-state index < -0.39 is 55.4 Å². The zero-order chi connectivity index (χ0) is 40.9. The Bertz CT molecular complexity index is 1100. The first kappa shape index (κ1) is 51.4. The molecule has 0 bridgehead atoms. The van der Waals surface area contributed by atoms with Gasteiger partial charge in [-0.3, -0.25) is 9.59 Å². The van der Waals surface area contributed by atoms with Crippen molar-refractivity contribution >= 4 is 11.9 Å². The van der Waals surface area contributed by atoms with Crippen LogP contribution in [0.25, 0.3) is 0 Å². The predicted molar refractivity (Wildman–Crippen MR) is 224 cm³/mol. The van der Waals surface area contributed by atoms with E-state index in [4.69, 9.17) is 18.9 Å². The molecule has 0 radical (unpaired) electrons. The van der Waals surface area contributed by atoms with Gasteiger partial charge in [0.05, 0.1) is 13.2 Å². The Kier molecular flexibility index (Phi) is 33.7. The highest BCUT2D eigenvalue weighted by Crippen LogP contribution is 2.22. The summed E-state index contributed by atoms with van der Waals surface area (Å²) in [5, 5.41) is 40.0. The fourth-order valence-electron chi connectivity index (χ4n) is 6.17. The Labute approximate surface area is 339 Å². The number of esters is 2. The molecule has 6 atom stereocenters. The maximum absolute atomic E-state index is 12.8. The highest BCUT2D eigenvalue weighted by molar-refractivity contribution is 5.70. The first-order valence-corrected chi connectivity index (χ1v) is 21.9. The fourth-order valence-corrected chi connectivity index (χ4v) is 6.17. The molecule has 0 spiro atoms. The van der Waals surface area contributed by atoms with Crippen LogP contribution in [0.5, 0.6) is 0 Å². The van der Waals surface area contributed by atoms with Gasteiger partial charge in [0.15, 0.2) is 12.4 Å². The molecule has 0 aromatic heterocycles. The number of ether oxygens (including phenoxy) is 4. The molecule has 6 unspecified atom stereocenters. The Morgan fingerprint density at radius 2 is 1.05 bits per heavy atom. The predicted octanol–water partition coefficient (Wildman–Crippen LogP) is 9.05. The summed E-state index contributed by atoms with van der Waals surface area (Å²) in [6, 6.07) is 0. The van der Waals surface area contributed by atoms with Crippen molar-refractivity contribution in [3.05, 3.63) is 60.8 Å². The fraction of sp³-hybridized carbons (Fsp3) is 0.739. The summed E-state index contributed by atoms with van der Waals surface area (Å²) in [5.74, 6) is -0.838. The lowest BCUT2D eigenvalue weighted by Crippen LogP contribution is -2.59. The molecule has 10 nitrogen and oxygen atoms in total. The molecule has 0 saturated carbocycles. The van der Waals surface area contributed by atoms with Gasteiger partial charge in [-0.05, 0) is 77.0 Å². The van der Waals surface area contributed by atoms with Crippen molar-refractivity contribution < 1.29 is 49.0 Å².